The standard InChI is InChI=1S/C16H21FN2O2/c1-4-21-16(2,3)11-19-15(20)13-8-7-12(6-5-9-18)14(17)10-13/h7-8,10H,4,9,11,18H2,1-3H3,(H,19,20). The average Bonchev–Trinajstić information content (AvgIpc) is 2.43. The van der Waals surface area contributed by atoms with Gasteiger partial charge in [0.1, 0.15) is 5.82 Å². The number of carbonyl (C=O) groups excluding carboxylic acids is 1. The Hall–Kier alpha value is -1.90. The largest absolute Gasteiger partial charge is 0.374 e. The molecule has 3 N–H and O–H groups in total. The number of amides is 1. The summed E-state index contributed by atoms with van der Waals surface area (Å²) in [6, 6.07) is 4.18. The lowest BCUT2D eigenvalue weighted by Crippen LogP contribution is -2.40. The first-order chi connectivity index (χ1) is 9.89. The van der Waals surface area contributed by atoms with Crippen LogP contribution in [-0.4, -0.2) is 31.2 Å². The molecule has 0 fully saturated rings. The molecular weight excluding hydrogens is 271 g/mol. The molecule has 114 valence electrons. The fourth-order valence-electron chi connectivity index (χ4n) is 1.74. The highest BCUT2D eigenvalue weighted by Crippen LogP contribution is 2.11. The van der Waals surface area contributed by atoms with Crippen LogP contribution < -0.4 is 11.1 Å². The molecule has 0 unspecified atom stereocenters. The summed E-state index contributed by atoms with van der Waals surface area (Å²) >= 11 is 0. The number of halogens is 1. The van der Waals surface area contributed by atoms with Gasteiger partial charge in [-0.05, 0) is 39.0 Å². The second-order valence-electron chi connectivity index (χ2n) is 5.08. The van der Waals surface area contributed by atoms with E-state index >= 15 is 0 Å². The van der Waals surface area contributed by atoms with E-state index in [0.29, 0.717) is 13.2 Å². The summed E-state index contributed by atoms with van der Waals surface area (Å²) in [7, 11) is 0. The van der Waals surface area contributed by atoms with Gasteiger partial charge in [-0.1, -0.05) is 11.8 Å². The van der Waals surface area contributed by atoms with Crippen molar-refractivity contribution in [3.8, 4) is 11.8 Å². The maximum atomic E-state index is 13.8. The van der Waals surface area contributed by atoms with Gasteiger partial charge < -0.3 is 15.8 Å². The molecule has 0 heterocycles. The molecule has 0 aliphatic heterocycles. The van der Waals surface area contributed by atoms with Gasteiger partial charge in [0.15, 0.2) is 0 Å². The zero-order chi connectivity index (χ0) is 15.9. The highest BCUT2D eigenvalue weighted by molar-refractivity contribution is 5.94. The smallest absolute Gasteiger partial charge is 0.251 e. The molecule has 0 radical (unpaired) electrons. The van der Waals surface area contributed by atoms with Gasteiger partial charge in [-0.15, -0.1) is 0 Å². The van der Waals surface area contributed by atoms with E-state index in [1.807, 2.05) is 20.8 Å². The van der Waals surface area contributed by atoms with E-state index in [9.17, 15) is 9.18 Å². The highest BCUT2D eigenvalue weighted by Gasteiger charge is 2.19. The van der Waals surface area contributed by atoms with Gasteiger partial charge in [-0.25, -0.2) is 4.39 Å². The predicted molar refractivity (Wildman–Crippen MR) is 80.4 cm³/mol. The number of hydrogen-bond donors (Lipinski definition) is 2. The van der Waals surface area contributed by atoms with Crippen molar-refractivity contribution in [1.29, 1.82) is 0 Å². The molecule has 21 heavy (non-hydrogen) atoms. The van der Waals surface area contributed by atoms with Crippen LogP contribution in [0.1, 0.15) is 36.7 Å². The van der Waals surface area contributed by atoms with Crippen LogP contribution in [-0.2, 0) is 4.74 Å². The minimum atomic E-state index is -0.535. The second-order valence-corrected chi connectivity index (χ2v) is 5.08. The zero-order valence-corrected chi connectivity index (χ0v) is 12.6. The molecule has 0 atom stereocenters. The van der Waals surface area contributed by atoms with Crippen LogP contribution in [0, 0.1) is 17.7 Å². The predicted octanol–water partition coefficient (Wildman–Crippen LogP) is 1.68. The van der Waals surface area contributed by atoms with Crippen molar-refractivity contribution in [1.82, 2.24) is 5.32 Å². The Bertz CT molecular complexity index is 559. The minimum Gasteiger partial charge on any atom is -0.374 e. The van der Waals surface area contributed by atoms with Crippen molar-refractivity contribution in [2.24, 2.45) is 5.73 Å². The molecule has 1 aromatic rings. The highest BCUT2D eigenvalue weighted by atomic mass is 19.1. The summed E-state index contributed by atoms with van der Waals surface area (Å²) in [5.74, 6) is 4.30. The van der Waals surface area contributed by atoms with E-state index in [2.05, 4.69) is 17.2 Å². The zero-order valence-electron chi connectivity index (χ0n) is 12.6. The van der Waals surface area contributed by atoms with Crippen molar-refractivity contribution in [3.05, 3.63) is 35.1 Å². The summed E-state index contributed by atoms with van der Waals surface area (Å²) in [5.41, 5.74) is 5.25. The third kappa shape index (κ3) is 5.54. The SMILES string of the molecule is CCOC(C)(C)CNC(=O)c1ccc(C#CCN)c(F)c1. The summed E-state index contributed by atoms with van der Waals surface area (Å²) in [4.78, 5) is 12.0. The van der Waals surface area contributed by atoms with Gasteiger partial charge in [-0.3, -0.25) is 4.79 Å². The fourth-order valence-corrected chi connectivity index (χ4v) is 1.74. The van der Waals surface area contributed by atoms with Crippen LogP contribution in [0.4, 0.5) is 4.39 Å². The summed E-state index contributed by atoms with van der Waals surface area (Å²) in [5, 5.41) is 2.73. The van der Waals surface area contributed by atoms with Gasteiger partial charge >= 0.3 is 0 Å². The molecule has 1 rings (SSSR count). The van der Waals surface area contributed by atoms with Crippen molar-refractivity contribution in [3.63, 3.8) is 0 Å². The maximum Gasteiger partial charge on any atom is 0.251 e. The van der Waals surface area contributed by atoms with Crippen LogP contribution >= 0.6 is 0 Å². The quantitative estimate of drug-likeness (QED) is 0.812. The molecule has 0 spiro atoms. The van der Waals surface area contributed by atoms with Crippen LogP contribution in [0.2, 0.25) is 0 Å². The Labute approximate surface area is 124 Å². The number of carbonyl (C=O) groups is 1. The van der Waals surface area contributed by atoms with Crippen LogP contribution in [0.3, 0.4) is 0 Å². The first-order valence-electron chi connectivity index (χ1n) is 6.80. The van der Waals surface area contributed by atoms with Gasteiger partial charge in [0.2, 0.25) is 0 Å². The molecule has 1 aromatic carbocycles. The third-order valence-corrected chi connectivity index (χ3v) is 2.77. The normalized spacial score (nSPS) is 10.7. The number of ether oxygens (including phenoxy) is 1. The van der Waals surface area contributed by atoms with Gasteiger partial charge in [0.25, 0.3) is 5.91 Å². The Balaban J connectivity index is 2.73. The van der Waals surface area contributed by atoms with Crippen molar-refractivity contribution < 1.29 is 13.9 Å². The molecule has 0 aromatic heterocycles. The average molecular weight is 292 g/mol. The van der Waals surface area contributed by atoms with E-state index in [4.69, 9.17) is 10.5 Å². The molecule has 0 saturated heterocycles. The number of benzene rings is 1. The minimum absolute atomic E-state index is 0.161. The third-order valence-electron chi connectivity index (χ3n) is 2.77. The van der Waals surface area contributed by atoms with E-state index in [1.165, 1.54) is 18.2 Å². The Morgan fingerprint density at radius 1 is 1.48 bits per heavy atom. The molecule has 0 bridgehead atoms. The topological polar surface area (TPSA) is 64.3 Å². The summed E-state index contributed by atoms with van der Waals surface area (Å²) < 4.78 is 19.3. The summed E-state index contributed by atoms with van der Waals surface area (Å²) in [6.45, 7) is 6.71. The van der Waals surface area contributed by atoms with Gasteiger partial charge in [0, 0.05) is 18.7 Å². The van der Waals surface area contributed by atoms with Crippen LogP contribution in [0.25, 0.3) is 0 Å². The molecule has 1 amide bonds. The maximum absolute atomic E-state index is 13.8. The molecule has 4 nitrogen and oxygen atoms in total. The van der Waals surface area contributed by atoms with Crippen LogP contribution in [0.5, 0.6) is 0 Å². The molecule has 0 aliphatic carbocycles. The van der Waals surface area contributed by atoms with E-state index in [-0.39, 0.29) is 23.6 Å². The lowest BCUT2D eigenvalue weighted by Gasteiger charge is -2.24. The van der Waals surface area contributed by atoms with E-state index in [0.717, 1.165) is 0 Å². The second kappa shape index (κ2) is 7.77. The number of nitrogens with two attached hydrogens (primary N) is 1. The molecule has 0 aliphatic rings. The van der Waals surface area contributed by atoms with E-state index < -0.39 is 11.4 Å². The molecule has 0 saturated carbocycles. The lowest BCUT2D eigenvalue weighted by molar-refractivity contribution is -0.00815. The fraction of sp³-hybridized carbons (Fsp3) is 0.438. The van der Waals surface area contributed by atoms with Crippen LogP contribution in [0.15, 0.2) is 18.2 Å². The number of nitrogens with one attached hydrogen (secondary N) is 1. The Morgan fingerprint density at radius 3 is 2.76 bits per heavy atom. The van der Waals surface area contributed by atoms with Crippen molar-refractivity contribution in [2.45, 2.75) is 26.4 Å². The van der Waals surface area contributed by atoms with Gasteiger partial charge in [-0.2, -0.15) is 0 Å². The molecule has 5 heteroatoms. The first-order valence-corrected chi connectivity index (χ1v) is 6.80. The monoisotopic (exact) mass is 292 g/mol. The summed E-state index contributed by atoms with van der Waals surface area (Å²) in [6.07, 6.45) is 0. The van der Waals surface area contributed by atoms with E-state index in [1.54, 1.807) is 0 Å². The molecular formula is C16H21FN2O2. The van der Waals surface area contributed by atoms with Crippen molar-refractivity contribution in [2.75, 3.05) is 19.7 Å². The Kier molecular flexibility index (Phi) is 6.35. The Morgan fingerprint density at radius 2 is 2.19 bits per heavy atom. The first kappa shape index (κ1) is 17.2. The van der Waals surface area contributed by atoms with Crippen molar-refractivity contribution >= 4 is 5.91 Å². The van der Waals surface area contributed by atoms with Gasteiger partial charge in [0.05, 0.1) is 17.7 Å². The number of rotatable bonds is 5. The number of hydrogen-bond acceptors (Lipinski definition) is 3. The lowest BCUT2D eigenvalue weighted by atomic mass is 10.1.